The SMILES string of the molecule is C(C=Cc1ccccc1)=Cc1ccccc1.C[SiH2]C.[Zr+2].c1cc[cH-]c1.c1cc[cH-]c1. The minimum atomic E-state index is 0. The second kappa shape index (κ2) is 21.4. The molecule has 0 unspecified atom stereocenters. The molecule has 0 aliphatic rings. The molecule has 0 nitrogen and oxygen atoms in total. The first-order valence-corrected chi connectivity index (χ1v) is 13.0. The molecule has 0 fully saturated rings. The van der Waals surface area contributed by atoms with Gasteiger partial charge in [0.1, 0.15) is 0 Å². The van der Waals surface area contributed by atoms with Gasteiger partial charge in [-0.05, 0) is 11.1 Å². The molecule has 152 valence electrons. The predicted molar refractivity (Wildman–Crippen MR) is 135 cm³/mol. The van der Waals surface area contributed by atoms with Crippen LogP contribution in [0.25, 0.3) is 12.2 Å². The largest absolute Gasteiger partial charge is 2.00 e. The minimum absolute atomic E-state index is 0. The summed E-state index contributed by atoms with van der Waals surface area (Å²) in [6, 6.07) is 40.6. The number of benzene rings is 2. The van der Waals surface area contributed by atoms with Crippen LogP contribution in [0.4, 0.5) is 0 Å². The van der Waals surface area contributed by atoms with Crippen molar-refractivity contribution in [1.82, 2.24) is 0 Å². The first-order chi connectivity index (χ1) is 14.4. The third-order valence-corrected chi connectivity index (χ3v) is 3.40. The minimum Gasteiger partial charge on any atom is -0.214 e. The van der Waals surface area contributed by atoms with Crippen LogP contribution in [0.3, 0.4) is 0 Å². The molecule has 0 aliphatic carbocycles. The quantitative estimate of drug-likeness (QED) is 0.160. The molecule has 0 spiro atoms. The van der Waals surface area contributed by atoms with E-state index in [4.69, 9.17) is 0 Å². The summed E-state index contributed by atoms with van der Waals surface area (Å²) in [7, 11) is 0.417. The summed E-state index contributed by atoms with van der Waals surface area (Å²) in [6.07, 6.45) is 8.31. The maximum Gasteiger partial charge on any atom is 2.00 e. The van der Waals surface area contributed by atoms with E-state index < -0.39 is 0 Å². The number of hydrogen-bond donors (Lipinski definition) is 0. The van der Waals surface area contributed by atoms with Gasteiger partial charge in [-0.1, -0.05) is 98.1 Å². The van der Waals surface area contributed by atoms with Crippen molar-refractivity contribution in [2.45, 2.75) is 13.1 Å². The third-order valence-electron chi connectivity index (χ3n) is 3.40. The molecule has 0 radical (unpaired) electrons. The van der Waals surface area contributed by atoms with Crippen molar-refractivity contribution in [3.63, 3.8) is 0 Å². The van der Waals surface area contributed by atoms with Gasteiger partial charge in [-0.15, -0.1) is 0 Å². The molecule has 0 N–H and O–H groups in total. The Morgan fingerprint density at radius 3 is 1.07 bits per heavy atom. The predicted octanol–water partition coefficient (Wildman–Crippen LogP) is 7.47. The van der Waals surface area contributed by atoms with E-state index in [1.807, 2.05) is 97.1 Å². The molecule has 0 amide bonds. The van der Waals surface area contributed by atoms with Gasteiger partial charge >= 0.3 is 26.2 Å². The Bertz CT molecular complexity index is 722. The van der Waals surface area contributed by atoms with E-state index in [-0.39, 0.29) is 26.2 Å². The summed E-state index contributed by atoms with van der Waals surface area (Å²) >= 11 is 0. The van der Waals surface area contributed by atoms with E-state index in [0.29, 0.717) is 9.52 Å². The van der Waals surface area contributed by atoms with Crippen LogP contribution >= 0.6 is 0 Å². The van der Waals surface area contributed by atoms with Gasteiger partial charge in [0, 0.05) is 9.52 Å². The van der Waals surface area contributed by atoms with Crippen molar-refractivity contribution in [2.24, 2.45) is 0 Å². The van der Waals surface area contributed by atoms with E-state index >= 15 is 0 Å². The first-order valence-electron chi connectivity index (χ1n) is 10.1. The molecule has 2 heteroatoms. The fraction of sp³-hybridized carbons (Fsp3) is 0.0714. The summed E-state index contributed by atoms with van der Waals surface area (Å²) in [6.45, 7) is 4.53. The Labute approximate surface area is 204 Å². The van der Waals surface area contributed by atoms with Crippen LogP contribution in [-0.4, -0.2) is 9.52 Å². The van der Waals surface area contributed by atoms with Gasteiger partial charge in [-0.3, -0.25) is 0 Å². The molecule has 0 saturated carbocycles. The molecule has 0 aliphatic heterocycles. The number of rotatable bonds is 3. The van der Waals surface area contributed by atoms with Crippen LogP contribution in [-0.2, 0) is 26.2 Å². The third kappa shape index (κ3) is 16.7. The van der Waals surface area contributed by atoms with E-state index in [1.54, 1.807) is 0 Å². The molecular formula is C28H32SiZr. The second-order valence-corrected chi connectivity index (χ2v) is 7.59. The summed E-state index contributed by atoms with van der Waals surface area (Å²) < 4.78 is 0. The van der Waals surface area contributed by atoms with E-state index in [0.717, 1.165) is 0 Å². The van der Waals surface area contributed by atoms with Crippen molar-refractivity contribution in [3.05, 3.63) is 145 Å². The first kappa shape index (κ1) is 27.7. The van der Waals surface area contributed by atoms with Gasteiger partial charge in [0.05, 0.1) is 0 Å². The normalized spacial score (nSPS) is 9.27. The van der Waals surface area contributed by atoms with Gasteiger partial charge in [0.15, 0.2) is 0 Å². The van der Waals surface area contributed by atoms with Crippen LogP contribution in [0.1, 0.15) is 11.1 Å². The molecule has 0 atom stereocenters. The Morgan fingerprint density at radius 1 is 0.533 bits per heavy atom. The molecule has 0 aromatic heterocycles. The van der Waals surface area contributed by atoms with E-state index in [1.165, 1.54) is 11.1 Å². The van der Waals surface area contributed by atoms with Gasteiger partial charge in [0.2, 0.25) is 0 Å². The molecule has 0 bridgehead atoms. The topological polar surface area (TPSA) is 0 Å². The molecule has 30 heavy (non-hydrogen) atoms. The van der Waals surface area contributed by atoms with Crippen LogP contribution < -0.4 is 0 Å². The number of allylic oxidation sites excluding steroid dienone is 2. The molecule has 4 aromatic carbocycles. The smallest absolute Gasteiger partial charge is 0.214 e. The number of hydrogen-bond acceptors (Lipinski definition) is 0. The zero-order valence-corrected chi connectivity index (χ0v) is 21.9. The summed E-state index contributed by atoms with van der Waals surface area (Å²) in [5.74, 6) is 0. The maximum atomic E-state index is 2.26. The molecule has 0 saturated heterocycles. The van der Waals surface area contributed by atoms with Crippen LogP contribution in [0.5, 0.6) is 0 Å². The van der Waals surface area contributed by atoms with Crippen LogP contribution in [0.15, 0.2) is 133 Å². The standard InChI is InChI=1S/C16H14.2C5H5.C2H8Si.Zr/c1-3-9-15(10-4-1)13-7-8-14-16-11-5-2-6-12-16;2*1-2-4-5-3-1;1-3-2;/h1-14H;2*1-5H;3H2,1-2H3;/q;2*-1;;+2. The zero-order chi connectivity index (χ0) is 20.8. The molecular weight excluding hydrogens is 456 g/mol. The van der Waals surface area contributed by atoms with Crippen LogP contribution in [0, 0.1) is 0 Å². The van der Waals surface area contributed by atoms with Gasteiger partial charge in [-0.2, -0.15) is 36.4 Å². The summed E-state index contributed by atoms with van der Waals surface area (Å²) in [4.78, 5) is 0. The fourth-order valence-corrected chi connectivity index (χ4v) is 2.10. The van der Waals surface area contributed by atoms with E-state index in [2.05, 4.69) is 61.7 Å². The average Bonchev–Trinajstić information content (AvgIpc) is 3.53. The second-order valence-electron chi connectivity index (χ2n) is 6.17. The van der Waals surface area contributed by atoms with E-state index in [9.17, 15) is 0 Å². The van der Waals surface area contributed by atoms with Crippen molar-refractivity contribution in [2.75, 3.05) is 0 Å². The van der Waals surface area contributed by atoms with Crippen molar-refractivity contribution >= 4 is 21.7 Å². The maximum absolute atomic E-state index is 2.26. The zero-order valence-electron chi connectivity index (χ0n) is 18.1. The Morgan fingerprint density at radius 2 is 0.833 bits per heavy atom. The Hall–Kier alpha value is -2.28. The average molecular weight is 488 g/mol. The van der Waals surface area contributed by atoms with Crippen molar-refractivity contribution < 1.29 is 26.2 Å². The van der Waals surface area contributed by atoms with Gasteiger partial charge in [0.25, 0.3) is 0 Å². The summed E-state index contributed by atoms with van der Waals surface area (Å²) in [5, 5.41) is 0. The van der Waals surface area contributed by atoms with Gasteiger partial charge in [-0.25, -0.2) is 24.3 Å². The molecule has 4 aromatic rings. The van der Waals surface area contributed by atoms with Crippen molar-refractivity contribution in [3.8, 4) is 0 Å². The van der Waals surface area contributed by atoms with Gasteiger partial charge < -0.3 is 0 Å². The Kier molecular flexibility index (Phi) is 19.8. The monoisotopic (exact) mass is 486 g/mol. The fourth-order valence-electron chi connectivity index (χ4n) is 2.10. The molecule has 0 heterocycles. The Balaban J connectivity index is 0.000000490. The summed E-state index contributed by atoms with van der Waals surface area (Å²) in [5.41, 5.74) is 2.44. The van der Waals surface area contributed by atoms with Crippen molar-refractivity contribution in [1.29, 1.82) is 0 Å². The van der Waals surface area contributed by atoms with Crippen LogP contribution in [0.2, 0.25) is 13.1 Å². The molecule has 4 rings (SSSR count).